The maximum absolute atomic E-state index is 13.3. The molecule has 0 saturated carbocycles. The molecule has 2 aromatic carbocycles. The third kappa shape index (κ3) is 4.34. The van der Waals surface area contributed by atoms with Crippen LogP contribution in [0.3, 0.4) is 0 Å². The predicted octanol–water partition coefficient (Wildman–Crippen LogP) is 4.76. The molecular weight excluding hydrogens is 433 g/mol. The van der Waals surface area contributed by atoms with E-state index in [1.54, 1.807) is 21.9 Å². The highest BCUT2D eigenvalue weighted by atomic mass is 19.1. The Morgan fingerprint density at radius 3 is 2.65 bits per heavy atom. The minimum atomic E-state index is -0.364. The van der Waals surface area contributed by atoms with Gasteiger partial charge in [-0.05, 0) is 61.2 Å². The summed E-state index contributed by atoms with van der Waals surface area (Å²) in [7, 11) is 0. The zero-order chi connectivity index (χ0) is 23.7. The van der Waals surface area contributed by atoms with Gasteiger partial charge in [-0.1, -0.05) is 30.6 Å². The van der Waals surface area contributed by atoms with E-state index in [0.717, 1.165) is 41.8 Å². The first-order valence-corrected chi connectivity index (χ1v) is 11.9. The minimum absolute atomic E-state index is 0.0163. The van der Waals surface area contributed by atoms with E-state index in [4.69, 9.17) is 4.52 Å². The maximum Gasteiger partial charge on any atom is 0.228 e. The van der Waals surface area contributed by atoms with Crippen LogP contribution in [-0.4, -0.2) is 35.0 Å². The summed E-state index contributed by atoms with van der Waals surface area (Å²) in [5.74, 6) is -0.0738. The Balaban J connectivity index is 1.25. The van der Waals surface area contributed by atoms with Crippen molar-refractivity contribution in [3.8, 4) is 11.3 Å². The van der Waals surface area contributed by atoms with E-state index < -0.39 is 0 Å². The average molecular weight is 462 g/mol. The molecule has 5 rings (SSSR count). The van der Waals surface area contributed by atoms with Gasteiger partial charge in [-0.3, -0.25) is 9.59 Å². The fraction of sp³-hybridized carbons (Fsp3) is 0.370. The third-order valence-electron chi connectivity index (χ3n) is 6.80. The van der Waals surface area contributed by atoms with Crippen LogP contribution in [0, 0.1) is 11.7 Å². The molecule has 1 saturated heterocycles. The fourth-order valence-electron chi connectivity index (χ4n) is 4.85. The lowest BCUT2D eigenvalue weighted by molar-refractivity contribution is -0.136. The lowest BCUT2D eigenvalue weighted by Gasteiger charge is -2.28. The molecule has 1 unspecified atom stereocenters. The molecule has 34 heavy (non-hydrogen) atoms. The highest BCUT2D eigenvalue weighted by Crippen LogP contribution is 2.32. The molecule has 1 aromatic heterocycles. The zero-order valence-electron chi connectivity index (χ0n) is 19.3. The zero-order valence-corrected chi connectivity index (χ0v) is 19.3. The molecule has 7 heteroatoms. The standard InChI is InChI=1S/C27H28FN3O3/c1-2-3-4-18-5-11-22(12-6-18)31-16-20(15-25(31)32)27(33)30-14-13-23-24(17-30)29-34-26(23)19-7-9-21(28)10-8-19/h5-12,20H,2-4,13-17H2,1H3. The van der Waals surface area contributed by atoms with Gasteiger partial charge in [0.25, 0.3) is 0 Å². The van der Waals surface area contributed by atoms with Crippen molar-refractivity contribution in [3.63, 3.8) is 0 Å². The molecule has 2 amide bonds. The van der Waals surface area contributed by atoms with Crippen LogP contribution in [0.4, 0.5) is 10.1 Å². The lowest BCUT2D eigenvalue weighted by atomic mass is 9.99. The number of aryl methyl sites for hydroxylation is 1. The molecule has 176 valence electrons. The highest BCUT2D eigenvalue weighted by molar-refractivity contribution is 6.00. The number of rotatable bonds is 6. The van der Waals surface area contributed by atoms with Crippen LogP contribution in [0.5, 0.6) is 0 Å². The molecule has 0 bridgehead atoms. The highest BCUT2D eigenvalue weighted by Gasteiger charge is 2.38. The van der Waals surface area contributed by atoms with Gasteiger partial charge in [-0.2, -0.15) is 0 Å². The van der Waals surface area contributed by atoms with Crippen molar-refractivity contribution < 1.29 is 18.5 Å². The minimum Gasteiger partial charge on any atom is -0.356 e. The number of fused-ring (bicyclic) bond motifs is 1. The molecule has 2 aliphatic heterocycles. The van der Waals surface area contributed by atoms with Crippen LogP contribution in [0.15, 0.2) is 53.1 Å². The van der Waals surface area contributed by atoms with E-state index >= 15 is 0 Å². The van der Waals surface area contributed by atoms with Crippen LogP contribution in [0.25, 0.3) is 11.3 Å². The van der Waals surface area contributed by atoms with E-state index in [-0.39, 0.29) is 30.0 Å². The summed E-state index contributed by atoms with van der Waals surface area (Å²) in [6.07, 6.45) is 4.16. The number of hydrogen-bond acceptors (Lipinski definition) is 4. The molecule has 0 aliphatic carbocycles. The second-order valence-corrected chi connectivity index (χ2v) is 9.13. The van der Waals surface area contributed by atoms with E-state index in [1.165, 1.54) is 17.7 Å². The van der Waals surface area contributed by atoms with Gasteiger partial charge in [-0.15, -0.1) is 0 Å². The molecule has 3 aromatic rings. The number of nitrogens with zero attached hydrogens (tertiary/aromatic N) is 3. The normalized spacial score (nSPS) is 17.8. The Morgan fingerprint density at radius 2 is 1.91 bits per heavy atom. The summed E-state index contributed by atoms with van der Waals surface area (Å²) >= 11 is 0. The van der Waals surface area contributed by atoms with E-state index in [0.29, 0.717) is 31.8 Å². The first kappa shape index (κ1) is 22.3. The number of aromatic nitrogens is 1. The number of anilines is 1. The number of carbonyl (C=O) groups excluding carboxylic acids is 2. The Bertz CT molecular complexity index is 1190. The number of halogens is 1. The van der Waals surface area contributed by atoms with Crippen molar-refractivity contribution in [1.82, 2.24) is 10.1 Å². The molecule has 6 nitrogen and oxygen atoms in total. The van der Waals surface area contributed by atoms with Gasteiger partial charge in [0.15, 0.2) is 5.76 Å². The lowest BCUT2D eigenvalue weighted by Crippen LogP contribution is -2.40. The van der Waals surface area contributed by atoms with Crippen molar-refractivity contribution in [2.75, 3.05) is 18.0 Å². The largest absolute Gasteiger partial charge is 0.356 e. The van der Waals surface area contributed by atoms with Gasteiger partial charge in [0, 0.05) is 36.3 Å². The summed E-state index contributed by atoms with van der Waals surface area (Å²) in [6, 6.07) is 14.2. The summed E-state index contributed by atoms with van der Waals surface area (Å²) in [5.41, 5.74) is 4.57. The predicted molar refractivity (Wildman–Crippen MR) is 127 cm³/mol. The summed E-state index contributed by atoms with van der Waals surface area (Å²) in [6.45, 7) is 3.47. The average Bonchev–Trinajstić information content (AvgIpc) is 3.46. The molecule has 1 atom stereocenters. The van der Waals surface area contributed by atoms with Crippen LogP contribution in [0.2, 0.25) is 0 Å². The van der Waals surface area contributed by atoms with Crippen LogP contribution >= 0.6 is 0 Å². The molecule has 0 spiro atoms. The monoisotopic (exact) mass is 461 g/mol. The summed E-state index contributed by atoms with van der Waals surface area (Å²) in [5, 5.41) is 4.18. The van der Waals surface area contributed by atoms with Crippen LogP contribution < -0.4 is 4.90 Å². The molecule has 1 fully saturated rings. The van der Waals surface area contributed by atoms with Crippen molar-refractivity contribution >= 4 is 17.5 Å². The van der Waals surface area contributed by atoms with Crippen molar-refractivity contribution in [1.29, 1.82) is 0 Å². The van der Waals surface area contributed by atoms with Crippen molar-refractivity contribution in [2.45, 2.75) is 45.6 Å². The van der Waals surface area contributed by atoms with Crippen LogP contribution in [0.1, 0.15) is 43.0 Å². The van der Waals surface area contributed by atoms with Gasteiger partial charge < -0.3 is 14.3 Å². The number of unbranched alkanes of at least 4 members (excludes halogenated alkanes) is 1. The SMILES string of the molecule is CCCCc1ccc(N2CC(C(=O)N3CCc4c(noc4-c4ccc(F)cc4)C3)CC2=O)cc1. The second kappa shape index (κ2) is 9.41. The van der Waals surface area contributed by atoms with Gasteiger partial charge in [0.1, 0.15) is 11.5 Å². The van der Waals surface area contributed by atoms with Gasteiger partial charge in [0.05, 0.1) is 12.5 Å². The third-order valence-corrected chi connectivity index (χ3v) is 6.80. The second-order valence-electron chi connectivity index (χ2n) is 9.13. The van der Waals surface area contributed by atoms with Crippen LogP contribution in [-0.2, 0) is 29.0 Å². The Hall–Kier alpha value is -3.48. The van der Waals surface area contributed by atoms with E-state index in [9.17, 15) is 14.0 Å². The number of hydrogen-bond donors (Lipinski definition) is 0. The number of benzene rings is 2. The number of amides is 2. The summed E-state index contributed by atoms with van der Waals surface area (Å²) < 4.78 is 18.8. The fourth-order valence-corrected chi connectivity index (χ4v) is 4.85. The quantitative estimate of drug-likeness (QED) is 0.531. The molecular formula is C27H28FN3O3. The molecule has 3 heterocycles. The maximum atomic E-state index is 13.3. The molecule has 2 aliphatic rings. The smallest absolute Gasteiger partial charge is 0.228 e. The topological polar surface area (TPSA) is 66.7 Å². The summed E-state index contributed by atoms with van der Waals surface area (Å²) in [4.78, 5) is 29.5. The first-order valence-electron chi connectivity index (χ1n) is 11.9. The number of carbonyl (C=O) groups is 2. The Morgan fingerprint density at radius 1 is 1.15 bits per heavy atom. The Kier molecular flexibility index (Phi) is 6.18. The van der Waals surface area contributed by atoms with E-state index in [1.807, 2.05) is 12.1 Å². The van der Waals surface area contributed by atoms with Gasteiger partial charge >= 0.3 is 0 Å². The van der Waals surface area contributed by atoms with E-state index in [2.05, 4.69) is 24.2 Å². The van der Waals surface area contributed by atoms with Crippen molar-refractivity contribution in [3.05, 3.63) is 71.2 Å². The van der Waals surface area contributed by atoms with Gasteiger partial charge in [-0.25, -0.2) is 4.39 Å². The van der Waals surface area contributed by atoms with Gasteiger partial charge in [0.2, 0.25) is 11.8 Å². The molecule has 0 N–H and O–H groups in total. The first-order chi connectivity index (χ1) is 16.5. The van der Waals surface area contributed by atoms with Crippen molar-refractivity contribution in [2.24, 2.45) is 5.92 Å². The Labute approximate surface area is 198 Å². The molecule has 0 radical (unpaired) electrons.